The highest BCUT2D eigenvalue weighted by Crippen LogP contribution is 2.33. The number of nitrogens with zero attached hydrogens (tertiary/aromatic N) is 2. The Morgan fingerprint density at radius 1 is 0.881 bits per heavy atom. The SMILES string of the molecule is O=C(c1ccccc1)N1CCN(C(=O)C2CCC(NS(=O)(=O)c3ccc(C(F)(F)F)cc3)CC2)[C@@H](C2C=CC=CC2)C1. The molecule has 5 rings (SSSR count). The molecule has 1 aliphatic heterocycles. The topological polar surface area (TPSA) is 86.8 Å². The number of sulfonamides is 1. The molecule has 1 saturated carbocycles. The Bertz CT molecular complexity index is 1430. The number of hydrogen-bond acceptors (Lipinski definition) is 4. The monoisotopic (exact) mass is 601 g/mol. The Kier molecular flexibility index (Phi) is 8.89. The van der Waals surface area contributed by atoms with E-state index in [9.17, 15) is 31.2 Å². The van der Waals surface area contributed by atoms with Crippen molar-refractivity contribution in [2.75, 3.05) is 19.6 Å². The second-order valence-electron chi connectivity index (χ2n) is 11.1. The number of alkyl halides is 3. The Morgan fingerprint density at radius 2 is 1.57 bits per heavy atom. The van der Waals surface area contributed by atoms with Crippen LogP contribution in [-0.2, 0) is 21.0 Å². The summed E-state index contributed by atoms with van der Waals surface area (Å²) in [5.74, 6) is -0.210. The van der Waals surface area contributed by atoms with Gasteiger partial charge in [-0.3, -0.25) is 9.59 Å². The van der Waals surface area contributed by atoms with Gasteiger partial charge in [-0.2, -0.15) is 13.2 Å². The lowest BCUT2D eigenvalue weighted by molar-refractivity contribution is -0.142. The summed E-state index contributed by atoms with van der Waals surface area (Å²) in [6.07, 6.45) is 6.22. The van der Waals surface area contributed by atoms with Crippen LogP contribution in [0.1, 0.15) is 48.0 Å². The summed E-state index contributed by atoms with van der Waals surface area (Å²) in [5.41, 5.74) is -0.295. The van der Waals surface area contributed by atoms with Crippen molar-refractivity contribution in [2.24, 2.45) is 11.8 Å². The van der Waals surface area contributed by atoms with Gasteiger partial charge in [0.25, 0.3) is 5.91 Å². The van der Waals surface area contributed by atoms with Gasteiger partial charge in [0.05, 0.1) is 16.5 Å². The van der Waals surface area contributed by atoms with Gasteiger partial charge in [0.2, 0.25) is 15.9 Å². The highest BCUT2D eigenvalue weighted by Gasteiger charge is 2.40. The van der Waals surface area contributed by atoms with Crippen LogP contribution in [0, 0.1) is 11.8 Å². The second-order valence-corrected chi connectivity index (χ2v) is 12.8. The minimum atomic E-state index is -4.55. The molecule has 42 heavy (non-hydrogen) atoms. The number of halogens is 3. The van der Waals surface area contributed by atoms with E-state index in [1.54, 1.807) is 12.1 Å². The molecule has 2 atom stereocenters. The van der Waals surface area contributed by atoms with Gasteiger partial charge < -0.3 is 9.80 Å². The molecule has 3 aliphatic rings. The Morgan fingerprint density at radius 3 is 2.19 bits per heavy atom. The predicted molar refractivity (Wildman–Crippen MR) is 152 cm³/mol. The predicted octanol–water partition coefficient (Wildman–Crippen LogP) is 5.03. The maximum absolute atomic E-state index is 13.8. The van der Waals surface area contributed by atoms with Crippen LogP contribution in [0.2, 0.25) is 0 Å². The molecule has 2 fully saturated rings. The maximum Gasteiger partial charge on any atom is 0.416 e. The number of amides is 2. The van der Waals surface area contributed by atoms with E-state index in [2.05, 4.69) is 16.9 Å². The van der Waals surface area contributed by atoms with Crippen LogP contribution in [0.4, 0.5) is 13.2 Å². The second kappa shape index (κ2) is 12.4. The molecule has 7 nitrogen and oxygen atoms in total. The normalized spacial score (nSPS) is 24.9. The highest BCUT2D eigenvalue weighted by atomic mass is 32.2. The number of rotatable bonds is 6. The summed E-state index contributed by atoms with van der Waals surface area (Å²) < 4.78 is 66.8. The van der Waals surface area contributed by atoms with Crippen LogP contribution in [0.15, 0.2) is 83.8 Å². The Hall–Kier alpha value is -3.44. The van der Waals surface area contributed by atoms with Crippen LogP contribution < -0.4 is 4.72 Å². The van der Waals surface area contributed by atoms with Crippen molar-refractivity contribution < 1.29 is 31.2 Å². The Labute approximate surface area is 244 Å². The molecule has 1 unspecified atom stereocenters. The average molecular weight is 602 g/mol. The first-order valence-corrected chi connectivity index (χ1v) is 15.7. The molecule has 0 aromatic heterocycles. The van der Waals surface area contributed by atoms with E-state index in [4.69, 9.17) is 0 Å². The van der Waals surface area contributed by atoms with Gasteiger partial charge >= 0.3 is 6.18 Å². The third-order valence-corrected chi connectivity index (χ3v) is 9.94. The molecule has 1 saturated heterocycles. The van der Waals surface area contributed by atoms with Crippen molar-refractivity contribution in [3.63, 3.8) is 0 Å². The molecule has 0 radical (unpaired) electrons. The molecular weight excluding hydrogens is 567 g/mol. The van der Waals surface area contributed by atoms with Crippen molar-refractivity contribution in [1.82, 2.24) is 14.5 Å². The third kappa shape index (κ3) is 6.78. The largest absolute Gasteiger partial charge is 0.416 e. The van der Waals surface area contributed by atoms with Gasteiger partial charge in [0, 0.05) is 43.1 Å². The van der Waals surface area contributed by atoms with Crippen LogP contribution in [-0.4, -0.2) is 61.7 Å². The van der Waals surface area contributed by atoms with Crippen LogP contribution >= 0.6 is 0 Å². The van der Waals surface area contributed by atoms with Crippen molar-refractivity contribution in [3.8, 4) is 0 Å². The summed E-state index contributed by atoms with van der Waals surface area (Å²) in [6.45, 7) is 1.30. The molecule has 0 spiro atoms. The number of nitrogens with one attached hydrogen (secondary N) is 1. The van der Waals surface area contributed by atoms with Crippen LogP contribution in [0.5, 0.6) is 0 Å². The number of benzene rings is 2. The first-order valence-electron chi connectivity index (χ1n) is 14.2. The zero-order valence-electron chi connectivity index (χ0n) is 23.0. The van der Waals surface area contributed by atoms with Gasteiger partial charge in [-0.05, 0) is 68.5 Å². The molecule has 2 aliphatic carbocycles. The van der Waals surface area contributed by atoms with E-state index in [-0.39, 0.29) is 34.6 Å². The van der Waals surface area contributed by atoms with E-state index in [0.29, 0.717) is 50.9 Å². The molecule has 2 aromatic carbocycles. The van der Waals surface area contributed by atoms with Gasteiger partial charge in [0.15, 0.2) is 0 Å². The molecule has 1 N–H and O–H groups in total. The van der Waals surface area contributed by atoms with Crippen molar-refractivity contribution in [3.05, 3.63) is 90.0 Å². The minimum absolute atomic E-state index is 0.0267. The van der Waals surface area contributed by atoms with Crippen molar-refractivity contribution in [1.29, 1.82) is 0 Å². The first-order chi connectivity index (χ1) is 20.0. The van der Waals surface area contributed by atoms with Gasteiger partial charge in [0.1, 0.15) is 0 Å². The lowest BCUT2D eigenvalue weighted by Gasteiger charge is -2.46. The summed E-state index contributed by atoms with van der Waals surface area (Å²) in [4.78, 5) is 30.5. The van der Waals surface area contributed by atoms with Crippen LogP contribution in [0.3, 0.4) is 0 Å². The van der Waals surface area contributed by atoms with Crippen molar-refractivity contribution in [2.45, 2.75) is 55.3 Å². The van der Waals surface area contributed by atoms with E-state index >= 15 is 0 Å². The molecular formula is C31H34F3N3O4S. The number of carbonyl (C=O) groups excluding carboxylic acids is 2. The van der Waals surface area contributed by atoms with E-state index < -0.39 is 27.8 Å². The van der Waals surface area contributed by atoms with E-state index in [0.717, 1.165) is 30.7 Å². The number of piperazine rings is 1. The first kappa shape index (κ1) is 30.0. The lowest BCUT2D eigenvalue weighted by atomic mass is 9.83. The fraction of sp³-hybridized carbons (Fsp3) is 0.419. The fourth-order valence-electron chi connectivity index (χ4n) is 6.09. The Balaban J connectivity index is 1.21. The molecule has 1 heterocycles. The molecule has 2 amide bonds. The fourth-order valence-corrected chi connectivity index (χ4v) is 7.39. The number of hydrogen-bond donors (Lipinski definition) is 1. The molecule has 224 valence electrons. The van der Waals surface area contributed by atoms with Gasteiger partial charge in [-0.15, -0.1) is 0 Å². The summed E-state index contributed by atoms with van der Waals surface area (Å²) in [5, 5.41) is 0. The standard InChI is InChI=1S/C31H34F3N3O4S/c32-31(33,34)25-13-17-27(18-14-25)42(40,41)35-26-15-11-24(12-16-26)30(39)37-20-19-36(29(38)23-9-5-2-6-10-23)21-28(37)22-7-3-1-4-8-22/h1-7,9-10,13-14,17-18,22,24,26,28,35H,8,11-12,15-16,19-21H2/t22?,24?,26?,28-/m1/s1. The average Bonchev–Trinajstić information content (AvgIpc) is 3.01. The maximum atomic E-state index is 13.8. The van der Waals surface area contributed by atoms with E-state index in [1.807, 2.05) is 40.2 Å². The lowest BCUT2D eigenvalue weighted by Crippen LogP contribution is -2.60. The smallest absolute Gasteiger partial charge is 0.335 e. The zero-order valence-corrected chi connectivity index (χ0v) is 23.9. The molecule has 0 bridgehead atoms. The quantitative estimate of drug-likeness (QED) is 0.504. The minimum Gasteiger partial charge on any atom is -0.335 e. The van der Waals surface area contributed by atoms with Gasteiger partial charge in [-0.1, -0.05) is 42.5 Å². The summed E-state index contributed by atoms with van der Waals surface area (Å²) in [6, 6.07) is 12.0. The molecule has 2 aromatic rings. The summed E-state index contributed by atoms with van der Waals surface area (Å²) >= 11 is 0. The van der Waals surface area contributed by atoms with Gasteiger partial charge in [-0.25, -0.2) is 13.1 Å². The van der Waals surface area contributed by atoms with Crippen LogP contribution in [0.25, 0.3) is 0 Å². The third-order valence-electron chi connectivity index (χ3n) is 8.41. The van der Waals surface area contributed by atoms with E-state index in [1.165, 1.54) is 0 Å². The number of carbonyl (C=O) groups is 2. The molecule has 11 heteroatoms. The number of allylic oxidation sites excluding steroid dienone is 3. The van der Waals surface area contributed by atoms with Crippen molar-refractivity contribution >= 4 is 21.8 Å². The summed E-state index contributed by atoms with van der Waals surface area (Å²) in [7, 11) is -4.01. The zero-order chi connectivity index (χ0) is 29.9. The highest BCUT2D eigenvalue weighted by molar-refractivity contribution is 7.89.